The van der Waals surface area contributed by atoms with Crippen LogP contribution in [0.1, 0.15) is 15.9 Å². The SMILES string of the molecule is O=C(O)c1ccccc1C1=CCNC1. The van der Waals surface area contributed by atoms with Gasteiger partial charge in [0.1, 0.15) is 0 Å². The summed E-state index contributed by atoms with van der Waals surface area (Å²) in [6.07, 6.45) is 2.03. The molecule has 0 saturated carbocycles. The number of carboxylic acid groups (broad SMARTS) is 1. The van der Waals surface area contributed by atoms with Crippen LogP contribution in [0, 0.1) is 0 Å². The highest BCUT2D eigenvalue weighted by molar-refractivity contribution is 5.94. The summed E-state index contributed by atoms with van der Waals surface area (Å²) in [6, 6.07) is 7.09. The minimum Gasteiger partial charge on any atom is -0.478 e. The quantitative estimate of drug-likeness (QED) is 0.738. The van der Waals surface area contributed by atoms with E-state index in [1.165, 1.54) is 0 Å². The van der Waals surface area contributed by atoms with Gasteiger partial charge in [-0.05, 0) is 17.2 Å². The predicted octanol–water partition coefficient (Wildman–Crippen LogP) is 1.37. The van der Waals surface area contributed by atoms with Gasteiger partial charge in [0.2, 0.25) is 0 Å². The van der Waals surface area contributed by atoms with E-state index in [9.17, 15) is 4.79 Å². The van der Waals surface area contributed by atoms with Crippen LogP contribution < -0.4 is 5.32 Å². The molecule has 0 bridgehead atoms. The van der Waals surface area contributed by atoms with Gasteiger partial charge in [-0.3, -0.25) is 0 Å². The van der Waals surface area contributed by atoms with Crippen molar-refractivity contribution in [1.82, 2.24) is 5.32 Å². The molecular formula is C11H11NO2. The summed E-state index contributed by atoms with van der Waals surface area (Å²) >= 11 is 0. The Labute approximate surface area is 82.1 Å². The van der Waals surface area contributed by atoms with Crippen molar-refractivity contribution in [1.29, 1.82) is 0 Å². The Morgan fingerprint density at radius 1 is 1.36 bits per heavy atom. The van der Waals surface area contributed by atoms with E-state index in [0.717, 1.165) is 24.2 Å². The van der Waals surface area contributed by atoms with Gasteiger partial charge in [-0.1, -0.05) is 24.3 Å². The molecule has 1 aliphatic heterocycles. The maximum Gasteiger partial charge on any atom is 0.336 e. The monoisotopic (exact) mass is 189 g/mol. The van der Waals surface area contributed by atoms with Gasteiger partial charge in [0.15, 0.2) is 0 Å². The number of aromatic carboxylic acids is 1. The third-order valence-electron chi connectivity index (χ3n) is 2.31. The van der Waals surface area contributed by atoms with Crippen LogP contribution >= 0.6 is 0 Å². The van der Waals surface area contributed by atoms with E-state index in [1.807, 2.05) is 18.2 Å². The molecule has 3 nitrogen and oxygen atoms in total. The average molecular weight is 189 g/mol. The van der Waals surface area contributed by atoms with E-state index in [2.05, 4.69) is 5.32 Å². The van der Waals surface area contributed by atoms with Gasteiger partial charge in [0.25, 0.3) is 0 Å². The second-order valence-electron chi connectivity index (χ2n) is 3.21. The summed E-state index contributed by atoms with van der Waals surface area (Å²) in [5, 5.41) is 12.1. The number of nitrogens with one attached hydrogen (secondary N) is 1. The van der Waals surface area contributed by atoms with Crippen molar-refractivity contribution in [3.05, 3.63) is 41.5 Å². The maximum absolute atomic E-state index is 10.9. The lowest BCUT2D eigenvalue weighted by molar-refractivity contribution is 0.0696. The third-order valence-corrected chi connectivity index (χ3v) is 2.31. The van der Waals surface area contributed by atoms with E-state index >= 15 is 0 Å². The van der Waals surface area contributed by atoms with Gasteiger partial charge in [-0.15, -0.1) is 0 Å². The van der Waals surface area contributed by atoms with Gasteiger partial charge in [0.05, 0.1) is 5.56 Å². The summed E-state index contributed by atoms with van der Waals surface area (Å²) in [5.41, 5.74) is 2.27. The van der Waals surface area contributed by atoms with Crippen LogP contribution in [-0.4, -0.2) is 24.2 Å². The van der Waals surface area contributed by atoms with Crippen molar-refractivity contribution in [2.45, 2.75) is 0 Å². The first-order valence-electron chi connectivity index (χ1n) is 4.51. The van der Waals surface area contributed by atoms with E-state index in [0.29, 0.717) is 5.56 Å². The van der Waals surface area contributed by atoms with Crippen LogP contribution in [0.3, 0.4) is 0 Å². The van der Waals surface area contributed by atoms with Crippen LogP contribution in [0.2, 0.25) is 0 Å². The molecule has 0 aromatic heterocycles. The zero-order valence-corrected chi connectivity index (χ0v) is 7.66. The van der Waals surface area contributed by atoms with E-state index in [1.54, 1.807) is 12.1 Å². The number of hydrogen-bond donors (Lipinski definition) is 2. The molecule has 0 fully saturated rings. The molecule has 72 valence electrons. The molecule has 14 heavy (non-hydrogen) atoms. The summed E-state index contributed by atoms with van der Waals surface area (Å²) in [6.45, 7) is 1.58. The summed E-state index contributed by atoms with van der Waals surface area (Å²) in [5.74, 6) is -0.867. The van der Waals surface area contributed by atoms with Crippen molar-refractivity contribution in [2.24, 2.45) is 0 Å². The van der Waals surface area contributed by atoms with Crippen LogP contribution in [0.4, 0.5) is 0 Å². The number of rotatable bonds is 2. The lowest BCUT2D eigenvalue weighted by atomic mass is 10.0. The van der Waals surface area contributed by atoms with Crippen molar-refractivity contribution >= 4 is 11.5 Å². The molecule has 0 saturated heterocycles. The summed E-state index contributed by atoms with van der Waals surface area (Å²) in [4.78, 5) is 10.9. The van der Waals surface area contributed by atoms with Crippen molar-refractivity contribution < 1.29 is 9.90 Å². The minimum atomic E-state index is -0.867. The number of hydrogen-bond acceptors (Lipinski definition) is 2. The highest BCUT2D eigenvalue weighted by Gasteiger charge is 2.14. The van der Waals surface area contributed by atoms with Gasteiger partial charge in [-0.25, -0.2) is 4.79 Å². The van der Waals surface area contributed by atoms with E-state index in [-0.39, 0.29) is 0 Å². The molecule has 0 atom stereocenters. The summed E-state index contributed by atoms with van der Waals surface area (Å²) < 4.78 is 0. The zero-order valence-electron chi connectivity index (χ0n) is 7.66. The van der Waals surface area contributed by atoms with E-state index in [4.69, 9.17) is 5.11 Å². The number of benzene rings is 1. The number of carboxylic acids is 1. The molecule has 0 unspecified atom stereocenters. The van der Waals surface area contributed by atoms with E-state index < -0.39 is 5.97 Å². The van der Waals surface area contributed by atoms with Gasteiger partial charge in [0, 0.05) is 13.1 Å². The summed E-state index contributed by atoms with van der Waals surface area (Å²) in [7, 11) is 0. The molecule has 1 heterocycles. The lowest BCUT2D eigenvalue weighted by Crippen LogP contribution is -2.09. The molecule has 2 rings (SSSR count). The number of carbonyl (C=O) groups is 1. The molecule has 0 aliphatic carbocycles. The standard InChI is InChI=1S/C11H11NO2/c13-11(14)10-4-2-1-3-9(10)8-5-6-12-7-8/h1-5,12H,6-7H2,(H,13,14). The maximum atomic E-state index is 10.9. The van der Waals surface area contributed by atoms with Crippen molar-refractivity contribution in [3.8, 4) is 0 Å². The Hall–Kier alpha value is -1.61. The average Bonchev–Trinajstić information content (AvgIpc) is 2.70. The van der Waals surface area contributed by atoms with Gasteiger partial charge in [-0.2, -0.15) is 0 Å². The second-order valence-corrected chi connectivity index (χ2v) is 3.21. The molecule has 0 radical (unpaired) electrons. The van der Waals surface area contributed by atoms with Gasteiger partial charge >= 0.3 is 5.97 Å². The third kappa shape index (κ3) is 1.54. The lowest BCUT2D eigenvalue weighted by Gasteiger charge is -2.05. The van der Waals surface area contributed by atoms with Crippen LogP contribution in [0.5, 0.6) is 0 Å². The topological polar surface area (TPSA) is 49.3 Å². The Bertz CT molecular complexity index is 396. The molecule has 2 N–H and O–H groups in total. The smallest absolute Gasteiger partial charge is 0.336 e. The van der Waals surface area contributed by atoms with Crippen molar-refractivity contribution in [2.75, 3.05) is 13.1 Å². The first-order valence-corrected chi connectivity index (χ1v) is 4.51. The first kappa shape index (κ1) is 8.97. The molecule has 3 heteroatoms. The Morgan fingerprint density at radius 3 is 2.79 bits per heavy atom. The fraction of sp³-hybridized carbons (Fsp3) is 0.182. The van der Waals surface area contributed by atoms with Gasteiger partial charge < -0.3 is 10.4 Å². The second kappa shape index (κ2) is 3.64. The molecule has 1 aromatic carbocycles. The molecule has 1 aromatic rings. The van der Waals surface area contributed by atoms with Crippen LogP contribution in [0.15, 0.2) is 30.3 Å². The predicted molar refractivity (Wildman–Crippen MR) is 54.2 cm³/mol. The normalized spacial score (nSPS) is 15.3. The zero-order chi connectivity index (χ0) is 9.97. The Balaban J connectivity index is 2.46. The largest absolute Gasteiger partial charge is 0.478 e. The minimum absolute atomic E-state index is 0.377. The molecule has 0 spiro atoms. The molecular weight excluding hydrogens is 178 g/mol. The Morgan fingerprint density at radius 2 is 2.14 bits per heavy atom. The van der Waals surface area contributed by atoms with Crippen LogP contribution in [0.25, 0.3) is 5.57 Å². The fourth-order valence-corrected chi connectivity index (χ4v) is 1.63. The van der Waals surface area contributed by atoms with Crippen LogP contribution in [-0.2, 0) is 0 Å². The van der Waals surface area contributed by atoms with Crippen molar-refractivity contribution in [3.63, 3.8) is 0 Å². The Kier molecular flexibility index (Phi) is 2.33. The molecule has 0 amide bonds. The highest BCUT2D eigenvalue weighted by atomic mass is 16.4. The highest BCUT2D eigenvalue weighted by Crippen LogP contribution is 2.20. The fourth-order valence-electron chi connectivity index (χ4n) is 1.63. The first-order chi connectivity index (χ1) is 6.79. The molecule has 1 aliphatic rings.